The summed E-state index contributed by atoms with van der Waals surface area (Å²) in [6.07, 6.45) is 2.76. The van der Waals surface area contributed by atoms with Gasteiger partial charge in [0.15, 0.2) is 12.4 Å². The van der Waals surface area contributed by atoms with Gasteiger partial charge in [0.05, 0.1) is 11.6 Å². The first-order valence-corrected chi connectivity index (χ1v) is 9.40. The van der Waals surface area contributed by atoms with Crippen molar-refractivity contribution in [3.8, 4) is 6.07 Å². The minimum absolute atomic E-state index is 0.248. The molecule has 0 heterocycles. The number of anilines is 1. The van der Waals surface area contributed by atoms with Crippen LogP contribution in [0.1, 0.15) is 31.8 Å². The van der Waals surface area contributed by atoms with Crippen molar-refractivity contribution in [2.45, 2.75) is 0 Å². The summed E-state index contributed by atoms with van der Waals surface area (Å²) in [6.45, 7) is -0.397. The fraction of sp³-hybridized carbons (Fsp3) is 0.0400. The molecule has 3 aromatic carbocycles. The van der Waals surface area contributed by atoms with E-state index in [1.54, 1.807) is 72.8 Å². The standard InChI is InChI=1S/C25H18N2O4/c26-16-19-8-6-18(7-9-19)10-15-24(29)31-17-23(28)20-11-13-22(14-12-20)27-25(30)21-4-2-1-3-5-21/h1-15H,17H2,(H,27,30)/b15-10+. The maximum absolute atomic E-state index is 12.2. The number of amides is 1. The van der Waals surface area contributed by atoms with Crippen LogP contribution in [0.4, 0.5) is 5.69 Å². The topological polar surface area (TPSA) is 96.3 Å². The van der Waals surface area contributed by atoms with Gasteiger partial charge in [-0.1, -0.05) is 30.3 Å². The molecule has 0 spiro atoms. The first-order chi connectivity index (χ1) is 15.0. The Bertz CT molecular complexity index is 1140. The van der Waals surface area contributed by atoms with Gasteiger partial charge in [-0.2, -0.15) is 5.26 Å². The third kappa shape index (κ3) is 6.24. The number of Topliss-reactive ketones (excluding diaryl/α,β-unsaturated/α-hetero) is 1. The van der Waals surface area contributed by atoms with E-state index in [-0.39, 0.29) is 11.7 Å². The first kappa shape index (κ1) is 21.2. The highest BCUT2D eigenvalue weighted by Gasteiger charge is 2.10. The zero-order chi connectivity index (χ0) is 22.1. The van der Waals surface area contributed by atoms with Crippen molar-refractivity contribution in [3.05, 3.63) is 107 Å². The second kappa shape index (κ2) is 10.3. The van der Waals surface area contributed by atoms with Crippen LogP contribution in [0, 0.1) is 11.3 Å². The molecule has 3 rings (SSSR count). The monoisotopic (exact) mass is 410 g/mol. The SMILES string of the molecule is N#Cc1ccc(/C=C/C(=O)OCC(=O)c2ccc(NC(=O)c3ccccc3)cc2)cc1. The number of carbonyl (C=O) groups is 3. The van der Waals surface area contributed by atoms with Crippen molar-refractivity contribution < 1.29 is 19.1 Å². The van der Waals surface area contributed by atoms with E-state index in [0.717, 1.165) is 5.56 Å². The lowest BCUT2D eigenvalue weighted by Gasteiger charge is -2.06. The minimum atomic E-state index is -0.649. The first-order valence-electron chi connectivity index (χ1n) is 9.40. The highest BCUT2D eigenvalue weighted by molar-refractivity contribution is 6.04. The van der Waals surface area contributed by atoms with Crippen LogP contribution in [0.2, 0.25) is 0 Å². The normalized spacial score (nSPS) is 10.3. The molecule has 0 bridgehead atoms. The fourth-order valence-corrected chi connectivity index (χ4v) is 2.63. The maximum Gasteiger partial charge on any atom is 0.331 e. The molecule has 3 aromatic rings. The Morgan fingerprint density at radius 3 is 2.19 bits per heavy atom. The van der Waals surface area contributed by atoms with Crippen LogP contribution in [-0.4, -0.2) is 24.3 Å². The van der Waals surface area contributed by atoms with Gasteiger partial charge in [-0.3, -0.25) is 9.59 Å². The number of nitrogens with zero attached hydrogens (tertiary/aromatic N) is 1. The van der Waals surface area contributed by atoms with E-state index in [0.29, 0.717) is 22.4 Å². The number of ether oxygens (including phenoxy) is 1. The maximum atomic E-state index is 12.2. The van der Waals surface area contributed by atoms with E-state index in [9.17, 15) is 14.4 Å². The Hall–Kier alpha value is -4.50. The molecule has 0 saturated carbocycles. The quantitative estimate of drug-likeness (QED) is 0.357. The lowest BCUT2D eigenvalue weighted by atomic mass is 10.1. The summed E-state index contributed by atoms with van der Waals surface area (Å²) >= 11 is 0. The molecule has 1 amide bonds. The van der Waals surface area contributed by atoms with E-state index < -0.39 is 12.6 Å². The van der Waals surface area contributed by atoms with Crippen LogP contribution in [-0.2, 0) is 9.53 Å². The average molecular weight is 410 g/mol. The van der Waals surface area contributed by atoms with Gasteiger partial charge in [0.1, 0.15) is 0 Å². The second-order valence-corrected chi connectivity index (χ2v) is 6.50. The number of ketones is 1. The third-order valence-electron chi connectivity index (χ3n) is 4.30. The van der Waals surface area contributed by atoms with Crippen molar-refractivity contribution in [1.82, 2.24) is 0 Å². The van der Waals surface area contributed by atoms with Crippen molar-refractivity contribution in [3.63, 3.8) is 0 Å². The van der Waals surface area contributed by atoms with Crippen molar-refractivity contribution in [2.24, 2.45) is 0 Å². The van der Waals surface area contributed by atoms with E-state index in [4.69, 9.17) is 10.00 Å². The lowest BCUT2D eigenvalue weighted by molar-refractivity contribution is -0.136. The third-order valence-corrected chi connectivity index (χ3v) is 4.30. The average Bonchev–Trinajstić information content (AvgIpc) is 2.82. The molecule has 0 fully saturated rings. The van der Waals surface area contributed by atoms with Gasteiger partial charge in [0.2, 0.25) is 0 Å². The van der Waals surface area contributed by atoms with Crippen molar-refractivity contribution in [2.75, 3.05) is 11.9 Å². The molecule has 0 unspecified atom stereocenters. The highest BCUT2D eigenvalue weighted by atomic mass is 16.5. The number of benzene rings is 3. The Morgan fingerprint density at radius 2 is 1.55 bits per heavy atom. The van der Waals surface area contributed by atoms with Crippen LogP contribution in [0.25, 0.3) is 6.08 Å². The molecule has 0 aliphatic heterocycles. The van der Waals surface area contributed by atoms with Gasteiger partial charge in [0, 0.05) is 22.9 Å². The van der Waals surface area contributed by atoms with Gasteiger partial charge >= 0.3 is 5.97 Å². The van der Waals surface area contributed by atoms with E-state index in [1.807, 2.05) is 12.1 Å². The molecular weight excluding hydrogens is 392 g/mol. The van der Waals surface area contributed by atoms with Crippen LogP contribution >= 0.6 is 0 Å². The number of carbonyl (C=O) groups excluding carboxylic acids is 3. The molecule has 0 radical (unpaired) electrons. The van der Waals surface area contributed by atoms with Gasteiger partial charge in [0.25, 0.3) is 5.91 Å². The molecule has 31 heavy (non-hydrogen) atoms. The Balaban J connectivity index is 1.49. The van der Waals surface area contributed by atoms with E-state index in [2.05, 4.69) is 5.32 Å². The number of hydrogen-bond acceptors (Lipinski definition) is 5. The summed E-state index contributed by atoms with van der Waals surface area (Å²) < 4.78 is 4.98. The molecular formula is C25H18N2O4. The van der Waals surface area contributed by atoms with Crippen LogP contribution < -0.4 is 5.32 Å². The van der Waals surface area contributed by atoms with E-state index >= 15 is 0 Å². The fourth-order valence-electron chi connectivity index (χ4n) is 2.63. The molecule has 0 aliphatic rings. The molecule has 0 saturated heterocycles. The second-order valence-electron chi connectivity index (χ2n) is 6.50. The highest BCUT2D eigenvalue weighted by Crippen LogP contribution is 2.12. The number of esters is 1. The summed E-state index contributed by atoms with van der Waals surface area (Å²) in [5.74, 6) is -1.26. The van der Waals surface area contributed by atoms with Gasteiger partial charge in [-0.05, 0) is 60.2 Å². The smallest absolute Gasteiger partial charge is 0.331 e. The number of nitriles is 1. The van der Waals surface area contributed by atoms with Gasteiger partial charge in [-0.15, -0.1) is 0 Å². The molecule has 0 aromatic heterocycles. The van der Waals surface area contributed by atoms with Crippen molar-refractivity contribution in [1.29, 1.82) is 5.26 Å². The number of hydrogen-bond donors (Lipinski definition) is 1. The molecule has 6 heteroatoms. The zero-order valence-corrected chi connectivity index (χ0v) is 16.4. The molecule has 152 valence electrons. The Morgan fingerprint density at radius 1 is 0.871 bits per heavy atom. The molecule has 1 N–H and O–H groups in total. The summed E-state index contributed by atoms with van der Waals surface area (Å²) in [5.41, 5.74) is 2.70. The van der Waals surface area contributed by atoms with E-state index in [1.165, 1.54) is 12.2 Å². The molecule has 6 nitrogen and oxygen atoms in total. The lowest BCUT2D eigenvalue weighted by Crippen LogP contribution is -2.13. The van der Waals surface area contributed by atoms with Crippen LogP contribution in [0.15, 0.2) is 84.9 Å². The molecule has 0 atom stereocenters. The van der Waals surface area contributed by atoms with Crippen LogP contribution in [0.5, 0.6) is 0 Å². The zero-order valence-electron chi connectivity index (χ0n) is 16.4. The minimum Gasteiger partial charge on any atom is -0.454 e. The van der Waals surface area contributed by atoms with Gasteiger partial charge in [-0.25, -0.2) is 4.79 Å². The van der Waals surface area contributed by atoms with Crippen molar-refractivity contribution >= 4 is 29.4 Å². The van der Waals surface area contributed by atoms with Crippen LogP contribution in [0.3, 0.4) is 0 Å². The number of rotatable bonds is 7. The Kier molecular flexibility index (Phi) is 7.07. The summed E-state index contributed by atoms with van der Waals surface area (Å²) in [6, 6.07) is 23.8. The Labute approximate surface area is 179 Å². The predicted molar refractivity (Wildman–Crippen MR) is 116 cm³/mol. The predicted octanol–water partition coefficient (Wildman–Crippen LogP) is 4.25. The molecule has 0 aliphatic carbocycles. The number of nitrogens with one attached hydrogen (secondary N) is 1. The summed E-state index contributed by atoms with van der Waals surface area (Å²) in [4.78, 5) is 36.2. The summed E-state index contributed by atoms with van der Waals surface area (Å²) in [7, 11) is 0. The van der Waals surface area contributed by atoms with Gasteiger partial charge < -0.3 is 10.1 Å². The largest absolute Gasteiger partial charge is 0.454 e. The summed E-state index contributed by atoms with van der Waals surface area (Å²) in [5, 5.41) is 11.5.